The molecule has 1 unspecified atom stereocenters. The van der Waals surface area contributed by atoms with Crippen molar-refractivity contribution in [3.8, 4) is 0 Å². The molecule has 52 valence electrons. The molecule has 0 rings (SSSR count). The van der Waals surface area contributed by atoms with E-state index in [1.165, 1.54) is 19.3 Å². The van der Waals surface area contributed by atoms with Gasteiger partial charge in [0.05, 0.1) is 0 Å². The second-order valence-electron chi connectivity index (χ2n) is 2.25. The van der Waals surface area contributed by atoms with Gasteiger partial charge >= 0.3 is 23.1 Å². The van der Waals surface area contributed by atoms with E-state index in [2.05, 4.69) is 20.8 Å². The van der Waals surface area contributed by atoms with Gasteiger partial charge in [-0.2, -0.15) is 5.92 Å². The molecule has 0 aromatic rings. The molecule has 0 aliphatic carbocycles. The Balaban J connectivity index is -0.000000180. The second-order valence-corrected chi connectivity index (χ2v) is 2.25. The van der Waals surface area contributed by atoms with Crippen LogP contribution < -0.4 is 12.4 Å². The topological polar surface area (TPSA) is 0 Å². The van der Waals surface area contributed by atoms with Crippen LogP contribution in [0.1, 0.15) is 33.1 Å². The normalized spacial score (nSPS) is 11.0. The van der Waals surface area contributed by atoms with Crippen LogP contribution in [0.15, 0.2) is 0 Å². The first-order valence-electron chi connectivity index (χ1n) is 3.10. The van der Waals surface area contributed by atoms with E-state index >= 15 is 0 Å². The van der Waals surface area contributed by atoms with Crippen molar-refractivity contribution in [1.82, 2.24) is 0 Å². The predicted molar refractivity (Wildman–Crippen MR) is 39.8 cm³/mol. The number of hydrogen-bond donors (Lipinski definition) is 0. The summed E-state index contributed by atoms with van der Waals surface area (Å²) in [4.78, 5) is 0. The monoisotopic (exact) mass is 158 g/mol. The molecule has 0 aliphatic rings. The molecule has 0 bridgehead atoms. The summed E-state index contributed by atoms with van der Waals surface area (Å²) in [5.41, 5.74) is 0. The van der Waals surface area contributed by atoms with Crippen LogP contribution in [0.4, 0.5) is 0 Å². The van der Waals surface area contributed by atoms with Crippen molar-refractivity contribution in [1.29, 1.82) is 0 Å². The number of unbranched alkanes of at least 4 members (excludes halogenated alkanes) is 1. The Morgan fingerprint density at radius 2 is 1.89 bits per heavy atom. The van der Waals surface area contributed by atoms with Crippen LogP contribution in [0, 0.1) is 12.8 Å². The van der Waals surface area contributed by atoms with E-state index in [1.807, 2.05) is 0 Å². The molecule has 0 nitrogen and oxygen atoms in total. The molecule has 0 saturated carbocycles. The Bertz CT molecular complexity index is 37.9. The van der Waals surface area contributed by atoms with E-state index in [1.54, 1.807) is 0 Å². The molecule has 9 heavy (non-hydrogen) atoms. The summed E-state index contributed by atoms with van der Waals surface area (Å²) in [6.45, 7) is 8.25. The summed E-state index contributed by atoms with van der Waals surface area (Å²) in [7, 11) is 0. The Hall–Kier alpha value is 1.06. The van der Waals surface area contributed by atoms with Gasteiger partial charge in [-0.05, 0) is 0 Å². The molecule has 0 aromatic heterocycles. The molecular weight excluding hydrogens is 144 g/mol. The van der Waals surface area contributed by atoms with Crippen molar-refractivity contribution >= 4 is 23.1 Å². The fraction of sp³-hybridized carbons (Fsp3) is 0.857. The minimum absolute atomic E-state index is 0. The number of hydrogen-bond acceptors (Lipinski definition) is 0. The van der Waals surface area contributed by atoms with E-state index in [0.717, 1.165) is 0 Å². The van der Waals surface area contributed by atoms with Crippen molar-refractivity contribution in [3.05, 3.63) is 6.92 Å². The minimum Gasteiger partial charge on any atom is -1.00 e. The van der Waals surface area contributed by atoms with E-state index in [-0.39, 0.29) is 35.5 Å². The summed E-state index contributed by atoms with van der Waals surface area (Å²) in [6, 6.07) is 0. The van der Waals surface area contributed by atoms with Gasteiger partial charge in [0.1, 0.15) is 0 Å². The molecule has 0 saturated heterocycles. The van der Waals surface area contributed by atoms with Crippen LogP contribution in [0.25, 0.3) is 0 Å². The molecule has 0 heterocycles. The third kappa shape index (κ3) is 17.6. The summed E-state index contributed by atoms with van der Waals surface area (Å²) in [5, 5.41) is 0. The molecule has 0 fully saturated rings. The van der Waals surface area contributed by atoms with Crippen molar-refractivity contribution < 1.29 is 12.4 Å². The van der Waals surface area contributed by atoms with Gasteiger partial charge in [0, 0.05) is 0 Å². The fourth-order valence-electron chi connectivity index (χ4n) is 0.553. The van der Waals surface area contributed by atoms with Crippen LogP contribution in [0.2, 0.25) is 0 Å². The van der Waals surface area contributed by atoms with Crippen LogP contribution in [-0.2, 0) is 0 Å². The van der Waals surface area contributed by atoms with Gasteiger partial charge in [0.25, 0.3) is 0 Å². The van der Waals surface area contributed by atoms with Gasteiger partial charge in [-0.25, -0.2) is 0 Å². The first-order chi connectivity index (χ1) is 3.27. The zero-order valence-corrected chi connectivity index (χ0v) is 8.66. The SMILES string of the molecule is [CH2-]C(C)CCCC.[Cl-].[Mg+2]. The maximum Gasteiger partial charge on any atom is 2.00 e. The Morgan fingerprint density at radius 3 is 2.00 bits per heavy atom. The van der Waals surface area contributed by atoms with Gasteiger partial charge < -0.3 is 19.3 Å². The molecule has 0 aromatic carbocycles. The van der Waals surface area contributed by atoms with E-state index < -0.39 is 0 Å². The number of halogens is 1. The van der Waals surface area contributed by atoms with E-state index in [4.69, 9.17) is 0 Å². The maximum atomic E-state index is 3.88. The molecule has 0 aliphatic heterocycles. The molecule has 1 atom stereocenters. The van der Waals surface area contributed by atoms with E-state index in [0.29, 0.717) is 5.92 Å². The zero-order chi connectivity index (χ0) is 5.70. The van der Waals surface area contributed by atoms with Crippen molar-refractivity contribution in [2.75, 3.05) is 0 Å². The van der Waals surface area contributed by atoms with Crippen LogP contribution in [0.5, 0.6) is 0 Å². The standard InChI is InChI=1S/C7H15.ClH.Mg/c1-4-5-6-7(2)3;;/h7H,2,4-6H2,1,3H3;1H;/q-1;;+2/p-1. The fourth-order valence-corrected chi connectivity index (χ4v) is 0.553. The number of rotatable bonds is 3. The first kappa shape index (κ1) is 16.6. The van der Waals surface area contributed by atoms with Crippen molar-refractivity contribution in [3.63, 3.8) is 0 Å². The van der Waals surface area contributed by atoms with Gasteiger partial charge in [-0.1, -0.05) is 33.1 Å². The van der Waals surface area contributed by atoms with Crippen LogP contribution in [-0.4, -0.2) is 23.1 Å². The third-order valence-corrected chi connectivity index (χ3v) is 1.05. The van der Waals surface area contributed by atoms with Crippen molar-refractivity contribution in [2.45, 2.75) is 33.1 Å². The summed E-state index contributed by atoms with van der Waals surface area (Å²) in [6.07, 6.45) is 3.93. The Labute approximate surface area is 81.4 Å². The van der Waals surface area contributed by atoms with Crippen molar-refractivity contribution in [2.24, 2.45) is 5.92 Å². The molecule has 0 amide bonds. The molecular formula is C7H15ClMg. The van der Waals surface area contributed by atoms with Gasteiger partial charge in [-0.3, -0.25) is 0 Å². The Morgan fingerprint density at radius 1 is 1.44 bits per heavy atom. The van der Waals surface area contributed by atoms with Gasteiger partial charge in [-0.15, -0.1) is 0 Å². The zero-order valence-electron chi connectivity index (χ0n) is 6.49. The molecule has 0 spiro atoms. The maximum absolute atomic E-state index is 3.88. The average Bonchev–Trinajstić information content (AvgIpc) is 1.61. The summed E-state index contributed by atoms with van der Waals surface area (Å²) in [5.74, 6) is 0.653. The van der Waals surface area contributed by atoms with Gasteiger partial charge in [0.15, 0.2) is 0 Å². The van der Waals surface area contributed by atoms with Crippen LogP contribution in [0.3, 0.4) is 0 Å². The molecule has 0 radical (unpaired) electrons. The Kier molecular flexibility index (Phi) is 21.7. The third-order valence-electron chi connectivity index (χ3n) is 1.05. The molecule has 2 heteroatoms. The predicted octanol–water partition coefficient (Wildman–Crippen LogP) is -0.730. The summed E-state index contributed by atoms with van der Waals surface area (Å²) < 4.78 is 0. The molecule has 0 N–H and O–H groups in total. The second kappa shape index (κ2) is 11.8. The summed E-state index contributed by atoms with van der Waals surface area (Å²) >= 11 is 0. The van der Waals surface area contributed by atoms with Gasteiger partial charge in [0.2, 0.25) is 0 Å². The first-order valence-corrected chi connectivity index (χ1v) is 3.10. The smallest absolute Gasteiger partial charge is 1.00 e. The van der Waals surface area contributed by atoms with Crippen LogP contribution >= 0.6 is 0 Å². The quantitative estimate of drug-likeness (QED) is 0.376. The largest absolute Gasteiger partial charge is 2.00 e. The average molecular weight is 159 g/mol. The van der Waals surface area contributed by atoms with E-state index in [9.17, 15) is 0 Å². The minimum atomic E-state index is 0.